The summed E-state index contributed by atoms with van der Waals surface area (Å²) in [5, 5.41) is 14.2. The highest BCUT2D eigenvalue weighted by atomic mass is 32.2. The summed E-state index contributed by atoms with van der Waals surface area (Å²) in [7, 11) is -3.79. The number of anilines is 1. The zero-order valence-electron chi connectivity index (χ0n) is 15.1. The fourth-order valence-electron chi connectivity index (χ4n) is 3.49. The molecule has 0 spiro atoms. The van der Waals surface area contributed by atoms with Crippen molar-refractivity contribution < 1.29 is 18.1 Å². The van der Waals surface area contributed by atoms with Crippen LogP contribution in [0, 0.1) is 10.1 Å². The first-order valence-electron chi connectivity index (χ1n) is 9.20. The molecule has 3 rings (SSSR count). The molecule has 0 atom stereocenters. The van der Waals surface area contributed by atoms with Gasteiger partial charge in [-0.25, -0.2) is 8.42 Å². The Labute approximate surface area is 158 Å². The van der Waals surface area contributed by atoms with Gasteiger partial charge in [0.15, 0.2) is 0 Å². The van der Waals surface area contributed by atoms with Crippen molar-refractivity contribution in [2.45, 2.75) is 37.0 Å². The molecule has 0 aromatic heterocycles. The second kappa shape index (κ2) is 8.22. The maximum Gasteiger partial charge on any atom is 0.270 e. The number of hydrogen-bond donors (Lipinski definition) is 1. The molecule has 1 aromatic carbocycles. The predicted octanol–water partition coefficient (Wildman–Crippen LogP) is 1.80. The summed E-state index contributed by atoms with van der Waals surface area (Å²) in [6, 6.07) is 3.87. The van der Waals surface area contributed by atoms with Gasteiger partial charge in [0.1, 0.15) is 4.90 Å². The Bertz CT molecular complexity index is 821. The summed E-state index contributed by atoms with van der Waals surface area (Å²) in [6.45, 7) is 2.73. The first-order valence-corrected chi connectivity index (χ1v) is 10.6. The quantitative estimate of drug-likeness (QED) is 0.407. The molecular weight excluding hydrogens is 372 g/mol. The first kappa shape index (κ1) is 19.6. The van der Waals surface area contributed by atoms with Crippen LogP contribution in [0.1, 0.15) is 32.1 Å². The Balaban J connectivity index is 1.73. The number of nitro benzene ring substituents is 1. The van der Waals surface area contributed by atoms with Crippen LogP contribution in [0.4, 0.5) is 11.4 Å². The number of non-ortho nitro benzene ring substituents is 1. The van der Waals surface area contributed by atoms with Crippen molar-refractivity contribution in [2.75, 3.05) is 38.0 Å². The summed E-state index contributed by atoms with van der Waals surface area (Å²) in [5.74, 6) is 0.155. The highest BCUT2D eigenvalue weighted by molar-refractivity contribution is 7.89. The van der Waals surface area contributed by atoms with Gasteiger partial charge in [-0.2, -0.15) is 4.31 Å². The second-order valence-electron chi connectivity index (χ2n) is 6.81. The van der Waals surface area contributed by atoms with Crippen LogP contribution in [0.2, 0.25) is 0 Å². The number of carbonyl (C=O) groups is 1. The van der Waals surface area contributed by atoms with Gasteiger partial charge in [-0.15, -0.1) is 0 Å². The van der Waals surface area contributed by atoms with Crippen LogP contribution < -0.4 is 5.32 Å². The number of likely N-dealkylation sites (tertiary alicyclic amines) is 1. The van der Waals surface area contributed by atoms with Gasteiger partial charge in [0.2, 0.25) is 15.9 Å². The van der Waals surface area contributed by atoms with E-state index in [2.05, 4.69) is 5.32 Å². The summed E-state index contributed by atoms with van der Waals surface area (Å²) >= 11 is 0. The molecule has 0 aliphatic carbocycles. The van der Waals surface area contributed by atoms with Crippen molar-refractivity contribution in [1.82, 2.24) is 9.21 Å². The van der Waals surface area contributed by atoms with E-state index >= 15 is 0 Å². The van der Waals surface area contributed by atoms with E-state index in [1.54, 1.807) is 4.90 Å². The smallest absolute Gasteiger partial charge is 0.270 e. The van der Waals surface area contributed by atoms with Gasteiger partial charge in [-0.05, 0) is 31.7 Å². The third-order valence-electron chi connectivity index (χ3n) is 4.95. The van der Waals surface area contributed by atoms with Crippen LogP contribution in [-0.4, -0.2) is 61.2 Å². The number of amides is 1. The highest BCUT2D eigenvalue weighted by Gasteiger charge is 2.31. The standard InChI is InChI=1S/C17H24N4O5S/c22-17-5-3-9-19(17)10-4-8-18-15-7-6-14(21(23)24)13-16(15)27(25,26)20-11-1-2-12-20/h6-7,13,18H,1-5,8-12H2. The fourth-order valence-corrected chi connectivity index (χ4v) is 5.19. The molecule has 1 amide bonds. The maximum atomic E-state index is 12.9. The van der Waals surface area contributed by atoms with E-state index in [0.717, 1.165) is 31.9 Å². The largest absolute Gasteiger partial charge is 0.384 e. The van der Waals surface area contributed by atoms with E-state index in [-0.39, 0.29) is 16.5 Å². The monoisotopic (exact) mass is 396 g/mol. The number of hydrogen-bond acceptors (Lipinski definition) is 6. The molecule has 1 N–H and O–H groups in total. The topological polar surface area (TPSA) is 113 Å². The van der Waals surface area contributed by atoms with Crippen LogP contribution in [0.5, 0.6) is 0 Å². The number of nitro groups is 1. The number of sulfonamides is 1. The SMILES string of the molecule is O=C1CCCN1CCCNc1ccc([N+](=O)[O-])cc1S(=O)(=O)N1CCCC1. The molecule has 0 radical (unpaired) electrons. The van der Waals surface area contributed by atoms with Crippen LogP contribution in [0.15, 0.2) is 23.1 Å². The van der Waals surface area contributed by atoms with Crippen molar-refractivity contribution >= 4 is 27.3 Å². The van der Waals surface area contributed by atoms with E-state index in [0.29, 0.717) is 44.7 Å². The van der Waals surface area contributed by atoms with E-state index in [9.17, 15) is 23.3 Å². The number of rotatable bonds is 8. The normalized spacial score (nSPS) is 18.2. The molecule has 9 nitrogen and oxygen atoms in total. The second-order valence-corrected chi connectivity index (χ2v) is 8.72. The summed E-state index contributed by atoms with van der Waals surface area (Å²) in [6.07, 6.45) is 3.73. The van der Waals surface area contributed by atoms with Crippen molar-refractivity contribution in [2.24, 2.45) is 0 Å². The van der Waals surface area contributed by atoms with Gasteiger partial charge < -0.3 is 10.2 Å². The molecule has 2 fully saturated rings. The lowest BCUT2D eigenvalue weighted by Gasteiger charge is -2.19. The lowest BCUT2D eigenvalue weighted by molar-refractivity contribution is -0.385. The molecule has 2 aliphatic heterocycles. The molecule has 0 unspecified atom stereocenters. The summed E-state index contributed by atoms with van der Waals surface area (Å²) in [5.41, 5.74) is 0.112. The molecule has 2 heterocycles. The Morgan fingerprint density at radius 3 is 2.52 bits per heavy atom. The van der Waals surface area contributed by atoms with E-state index in [1.165, 1.54) is 16.4 Å². The number of benzene rings is 1. The summed E-state index contributed by atoms with van der Waals surface area (Å²) < 4.78 is 27.2. The van der Waals surface area contributed by atoms with Crippen molar-refractivity contribution in [1.29, 1.82) is 0 Å². The lowest BCUT2D eigenvalue weighted by Crippen LogP contribution is -2.29. The zero-order valence-corrected chi connectivity index (χ0v) is 15.9. The molecule has 27 heavy (non-hydrogen) atoms. The van der Waals surface area contributed by atoms with Crippen LogP contribution in [0.3, 0.4) is 0 Å². The van der Waals surface area contributed by atoms with Crippen LogP contribution >= 0.6 is 0 Å². The van der Waals surface area contributed by atoms with Crippen molar-refractivity contribution in [3.8, 4) is 0 Å². The van der Waals surface area contributed by atoms with Gasteiger partial charge >= 0.3 is 0 Å². The first-order chi connectivity index (χ1) is 12.9. The minimum Gasteiger partial charge on any atom is -0.384 e. The molecule has 2 aliphatic rings. The Morgan fingerprint density at radius 2 is 1.89 bits per heavy atom. The minimum atomic E-state index is -3.79. The Morgan fingerprint density at radius 1 is 1.15 bits per heavy atom. The van der Waals surface area contributed by atoms with E-state index in [1.807, 2.05) is 0 Å². The molecular formula is C17H24N4O5S. The molecule has 148 valence electrons. The van der Waals surface area contributed by atoms with Gasteiger partial charge in [0.25, 0.3) is 5.69 Å². The molecule has 10 heteroatoms. The zero-order chi connectivity index (χ0) is 19.4. The molecule has 2 saturated heterocycles. The van der Waals surface area contributed by atoms with E-state index < -0.39 is 14.9 Å². The van der Waals surface area contributed by atoms with Crippen LogP contribution in [-0.2, 0) is 14.8 Å². The maximum absolute atomic E-state index is 12.9. The highest BCUT2D eigenvalue weighted by Crippen LogP contribution is 2.30. The number of carbonyl (C=O) groups excluding carboxylic acids is 1. The van der Waals surface area contributed by atoms with E-state index in [4.69, 9.17) is 0 Å². The average Bonchev–Trinajstić information content (AvgIpc) is 3.31. The Kier molecular flexibility index (Phi) is 5.95. The molecule has 0 saturated carbocycles. The number of nitrogens with zero attached hydrogens (tertiary/aromatic N) is 3. The van der Waals surface area contributed by atoms with Gasteiger partial charge in [0, 0.05) is 51.3 Å². The average molecular weight is 396 g/mol. The minimum absolute atomic E-state index is 0.0594. The lowest BCUT2D eigenvalue weighted by atomic mass is 10.2. The summed E-state index contributed by atoms with van der Waals surface area (Å²) in [4.78, 5) is 23.9. The fraction of sp³-hybridized carbons (Fsp3) is 0.588. The van der Waals surface area contributed by atoms with Gasteiger partial charge in [-0.3, -0.25) is 14.9 Å². The van der Waals surface area contributed by atoms with Gasteiger partial charge in [0.05, 0.1) is 10.6 Å². The predicted molar refractivity (Wildman–Crippen MR) is 100 cm³/mol. The van der Waals surface area contributed by atoms with Crippen molar-refractivity contribution in [3.05, 3.63) is 28.3 Å². The number of nitrogens with one attached hydrogen (secondary N) is 1. The van der Waals surface area contributed by atoms with Crippen molar-refractivity contribution in [3.63, 3.8) is 0 Å². The van der Waals surface area contributed by atoms with Crippen LogP contribution in [0.25, 0.3) is 0 Å². The third-order valence-corrected chi connectivity index (χ3v) is 6.89. The molecule has 0 bridgehead atoms. The third kappa shape index (κ3) is 4.38. The Hall–Kier alpha value is -2.20. The molecule has 1 aromatic rings. The van der Waals surface area contributed by atoms with Gasteiger partial charge in [-0.1, -0.05) is 0 Å².